The largest absolute Gasteiger partial charge is 0.472 e. The van der Waals surface area contributed by atoms with E-state index in [4.69, 9.17) is 4.74 Å². The summed E-state index contributed by atoms with van der Waals surface area (Å²) in [6, 6.07) is 7.09. The number of nitrogens with zero attached hydrogens (tertiary/aromatic N) is 5. The molecule has 0 N–H and O–H groups in total. The lowest BCUT2D eigenvalue weighted by Crippen LogP contribution is -2.51. The smallest absolute Gasteiger partial charge is 0.417 e. The highest BCUT2D eigenvalue weighted by Gasteiger charge is 2.53. The lowest BCUT2D eigenvalue weighted by Gasteiger charge is -2.37. The SMILES string of the molecule is C[C@@H]1[C@H]2C[C@@H](Oc3ccc(C(F)(F)F)cn3)[C@H](C2)N1C(=O)c1ncccc1-c1ncccn1. The topological polar surface area (TPSA) is 81.1 Å². The number of fused-ring (bicyclic) bond motifs is 2. The van der Waals surface area contributed by atoms with E-state index in [1.807, 2.05) is 6.92 Å². The number of amides is 1. The van der Waals surface area contributed by atoms with Gasteiger partial charge in [-0.15, -0.1) is 0 Å². The van der Waals surface area contributed by atoms with E-state index in [-0.39, 0.29) is 41.6 Å². The van der Waals surface area contributed by atoms with Gasteiger partial charge in [0.25, 0.3) is 5.91 Å². The number of carbonyl (C=O) groups is 1. The third kappa shape index (κ3) is 3.90. The number of alkyl halides is 3. The second-order valence-corrected chi connectivity index (χ2v) is 8.26. The van der Waals surface area contributed by atoms with Gasteiger partial charge in [0.2, 0.25) is 5.88 Å². The predicted octanol–water partition coefficient (Wildman–Crippen LogP) is 4.02. The first kappa shape index (κ1) is 21.3. The number of hydrogen-bond acceptors (Lipinski definition) is 6. The van der Waals surface area contributed by atoms with Crippen molar-refractivity contribution in [1.29, 1.82) is 0 Å². The van der Waals surface area contributed by atoms with Crippen LogP contribution in [0, 0.1) is 5.92 Å². The molecule has 1 saturated heterocycles. The monoisotopic (exact) mass is 455 g/mol. The van der Waals surface area contributed by atoms with E-state index < -0.39 is 11.7 Å². The fourth-order valence-corrected chi connectivity index (χ4v) is 4.78. The van der Waals surface area contributed by atoms with Crippen LogP contribution in [0.4, 0.5) is 13.2 Å². The normalized spacial score (nSPS) is 24.2. The van der Waals surface area contributed by atoms with E-state index in [1.54, 1.807) is 41.7 Å². The summed E-state index contributed by atoms with van der Waals surface area (Å²) in [5.41, 5.74) is -0.0338. The lowest BCUT2D eigenvalue weighted by atomic mass is 9.98. The van der Waals surface area contributed by atoms with Crippen LogP contribution in [-0.4, -0.2) is 48.9 Å². The Hall–Kier alpha value is -3.56. The Kier molecular flexibility index (Phi) is 5.22. The van der Waals surface area contributed by atoms with Crippen LogP contribution in [0.1, 0.15) is 35.8 Å². The average Bonchev–Trinajstić information content (AvgIpc) is 3.36. The van der Waals surface area contributed by atoms with Gasteiger partial charge in [-0.3, -0.25) is 9.78 Å². The number of pyridine rings is 2. The average molecular weight is 455 g/mol. The van der Waals surface area contributed by atoms with Crippen LogP contribution >= 0.6 is 0 Å². The fourth-order valence-electron chi connectivity index (χ4n) is 4.78. The third-order valence-corrected chi connectivity index (χ3v) is 6.37. The third-order valence-electron chi connectivity index (χ3n) is 6.37. The second-order valence-electron chi connectivity index (χ2n) is 8.26. The molecule has 0 aromatic carbocycles. The highest BCUT2D eigenvalue weighted by molar-refractivity contribution is 5.98. The fraction of sp³-hybridized carbons (Fsp3) is 0.348. The first-order chi connectivity index (χ1) is 15.8. The quantitative estimate of drug-likeness (QED) is 0.591. The number of piperidine rings is 1. The maximum absolute atomic E-state index is 13.6. The molecule has 5 rings (SSSR count). The number of ether oxygens (including phenoxy) is 1. The van der Waals surface area contributed by atoms with E-state index in [0.29, 0.717) is 17.8 Å². The van der Waals surface area contributed by atoms with Crippen LogP contribution < -0.4 is 4.74 Å². The summed E-state index contributed by atoms with van der Waals surface area (Å²) in [7, 11) is 0. The number of carbonyl (C=O) groups excluding carboxylic acids is 1. The maximum atomic E-state index is 13.6. The van der Waals surface area contributed by atoms with Crippen molar-refractivity contribution < 1.29 is 22.7 Å². The molecule has 1 amide bonds. The molecule has 2 bridgehead atoms. The van der Waals surface area contributed by atoms with Crippen molar-refractivity contribution in [3.63, 3.8) is 0 Å². The van der Waals surface area contributed by atoms with Crippen LogP contribution in [0.3, 0.4) is 0 Å². The van der Waals surface area contributed by atoms with Gasteiger partial charge in [0.1, 0.15) is 11.8 Å². The minimum Gasteiger partial charge on any atom is -0.472 e. The van der Waals surface area contributed by atoms with E-state index >= 15 is 0 Å². The molecule has 1 aliphatic carbocycles. The van der Waals surface area contributed by atoms with Gasteiger partial charge in [0, 0.05) is 36.9 Å². The van der Waals surface area contributed by atoms with E-state index in [0.717, 1.165) is 18.7 Å². The van der Waals surface area contributed by atoms with Crippen LogP contribution in [-0.2, 0) is 6.18 Å². The first-order valence-electron chi connectivity index (χ1n) is 10.6. The lowest BCUT2D eigenvalue weighted by molar-refractivity contribution is -0.137. The van der Waals surface area contributed by atoms with Gasteiger partial charge in [-0.2, -0.15) is 13.2 Å². The van der Waals surface area contributed by atoms with Gasteiger partial charge in [0.05, 0.1) is 17.2 Å². The van der Waals surface area contributed by atoms with Crippen molar-refractivity contribution in [3.8, 4) is 17.3 Å². The zero-order valence-corrected chi connectivity index (χ0v) is 17.6. The Bertz CT molecular complexity index is 1160. The van der Waals surface area contributed by atoms with Gasteiger partial charge in [-0.25, -0.2) is 15.0 Å². The molecule has 0 spiro atoms. The summed E-state index contributed by atoms with van der Waals surface area (Å²) in [4.78, 5) is 32.0. The molecular weight excluding hydrogens is 435 g/mol. The highest BCUT2D eigenvalue weighted by Crippen LogP contribution is 2.45. The van der Waals surface area contributed by atoms with Crippen molar-refractivity contribution in [3.05, 3.63) is 66.4 Å². The number of hydrogen-bond donors (Lipinski definition) is 0. The molecule has 4 atom stereocenters. The van der Waals surface area contributed by atoms with Crippen LogP contribution in [0.2, 0.25) is 0 Å². The van der Waals surface area contributed by atoms with Crippen LogP contribution in [0.5, 0.6) is 5.88 Å². The van der Waals surface area contributed by atoms with Crippen molar-refractivity contribution in [2.75, 3.05) is 0 Å². The predicted molar refractivity (Wildman–Crippen MR) is 111 cm³/mol. The number of aromatic nitrogens is 4. The molecule has 7 nitrogen and oxygen atoms in total. The molecule has 10 heteroatoms. The molecule has 2 aliphatic rings. The number of halogens is 3. The summed E-state index contributed by atoms with van der Waals surface area (Å²) >= 11 is 0. The standard InChI is InChI=1S/C23H20F3N5O2/c1-13-14-10-17(18(11-14)33-19-6-5-15(12-30-19)23(24,25)26)31(13)22(32)20-16(4-2-7-27-20)21-28-8-3-9-29-21/h2-9,12-14,17-18H,10-11H2,1H3/t13-,14-,17+,18-/m1/s1. The Balaban J connectivity index is 1.39. The molecule has 170 valence electrons. The van der Waals surface area contributed by atoms with Gasteiger partial charge in [-0.1, -0.05) is 0 Å². The molecule has 4 heterocycles. The minimum atomic E-state index is -4.46. The Labute approximate surface area is 187 Å². The maximum Gasteiger partial charge on any atom is 0.417 e. The molecule has 2 fully saturated rings. The van der Waals surface area contributed by atoms with E-state index in [9.17, 15) is 18.0 Å². The molecule has 3 aromatic heterocycles. The molecule has 0 unspecified atom stereocenters. The summed E-state index contributed by atoms with van der Waals surface area (Å²) in [5, 5.41) is 0. The van der Waals surface area contributed by atoms with Crippen molar-refractivity contribution in [1.82, 2.24) is 24.8 Å². The van der Waals surface area contributed by atoms with E-state index in [2.05, 4.69) is 19.9 Å². The van der Waals surface area contributed by atoms with Crippen LogP contribution in [0.25, 0.3) is 11.4 Å². The highest BCUT2D eigenvalue weighted by atomic mass is 19.4. The van der Waals surface area contributed by atoms with Gasteiger partial charge in [-0.05, 0) is 49.9 Å². The van der Waals surface area contributed by atoms with E-state index in [1.165, 1.54) is 6.07 Å². The summed E-state index contributed by atoms with van der Waals surface area (Å²) in [5.74, 6) is 0.495. The molecule has 1 saturated carbocycles. The zero-order valence-electron chi connectivity index (χ0n) is 17.6. The molecule has 1 aliphatic heterocycles. The van der Waals surface area contributed by atoms with Crippen molar-refractivity contribution in [2.45, 2.75) is 44.1 Å². The first-order valence-corrected chi connectivity index (χ1v) is 10.6. The summed E-state index contributed by atoms with van der Waals surface area (Å²) in [6.45, 7) is 2.00. The summed E-state index contributed by atoms with van der Waals surface area (Å²) < 4.78 is 44.4. The second kappa shape index (κ2) is 8.09. The summed E-state index contributed by atoms with van der Waals surface area (Å²) in [6.07, 6.45) is 2.15. The number of likely N-dealkylation sites (tertiary alicyclic amines) is 1. The Morgan fingerprint density at radius 2 is 1.79 bits per heavy atom. The molecule has 3 aromatic rings. The van der Waals surface area contributed by atoms with Gasteiger partial charge < -0.3 is 9.64 Å². The molecule has 0 radical (unpaired) electrons. The van der Waals surface area contributed by atoms with Gasteiger partial charge >= 0.3 is 6.18 Å². The Morgan fingerprint density at radius 1 is 1.03 bits per heavy atom. The van der Waals surface area contributed by atoms with Crippen LogP contribution in [0.15, 0.2) is 55.1 Å². The molecular formula is C23H20F3N5O2. The van der Waals surface area contributed by atoms with Crippen molar-refractivity contribution >= 4 is 5.91 Å². The van der Waals surface area contributed by atoms with Gasteiger partial charge in [0.15, 0.2) is 5.82 Å². The Morgan fingerprint density at radius 3 is 2.45 bits per heavy atom. The minimum absolute atomic E-state index is 0.0190. The zero-order chi connectivity index (χ0) is 23.2. The number of rotatable bonds is 4. The molecule has 33 heavy (non-hydrogen) atoms. The van der Waals surface area contributed by atoms with Crippen molar-refractivity contribution in [2.24, 2.45) is 5.92 Å².